The van der Waals surface area contributed by atoms with Gasteiger partial charge in [0.25, 0.3) is 0 Å². The lowest BCUT2D eigenvalue weighted by atomic mass is 10.1. The molecule has 0 aliphatic carbocycles. The van der Waals surface area contributed by atoms with Crippen molar-refractivity contribution < 1.29 is 22.7 Å². The molecule has 23 heavy (non-hydrogen) atoms. The maximum absolute atomic E-state index is 12.5. The molecule has 2 aliphatic rings. The summed E-state index contributed by atoms with van der Waals surface area (Å²) < 4.78 is 43.6. The molecule has 0 saturated heterocycles. The number of alkyl halides is 3. The maximum Gasteiger partial charge on any atom is 0.418 e. The molecule has 0 unspecified atom stereocenters. The van der Waals surface area contributed by atoms with Crippen LogP contribution < -0.4 is 0 Å². The molecule has 0 atom stereocenters. The van der Waals surface area contributed by atoms with Gasteiger partial charge in [0.2, 0.25) is 0 Å². The van der Waals surface area contributed by atoms with Gasteiger partial charge in [0, 0.05) is 18.0 Å². The lowest BCUT2D eigenvalue weighted by molar-refractivity contribution is -0.137. The molecular formula is C15H10F3N3O2. The summed E-state index contributed by atoms with van der Waals surface area (Å²) in [4.78, 5) is 11.9. The van der Waals surface area contributed by atoms with Gasteiger partial charge in [-0.25, -0.2) is 4.79 Å². The van der Waals surface area contributed by atoms with E-state index in [0.29, 0.717) is 11.3 Å². The number of fused-ring (bicyclic) bond motifs is 1. The smallest absolute Gasteiger partial charge is 0.418 e. The van der Waals surface area contributed by atoms with Crippen LogP contribution in [0.5, 0.6) is 0 Å². The van der Waals surface area contributed by atoms with E-state index < -0.39 is 17.8 Å². The van der Waals surface area contributed by atoms with Gasteiger partial charge in [-0.1, -0.05) is 12.1 Å². The zero-order valence-electron chi connectivity index (χ0n) is 11.6. The van der Waals surface area contributed by atoms with E-state index in [-0.39, 0.29) is 6.61 Å². The van der Waals surface area contributed by atoms with E-state index in [1.54, 1.807) is 12.3 Å². The molecule has 0 spiro atoms. The molecule has 8 heteroatoms. The average Bonchev–Trinajstić information content (AvgIpc) is 2.99. The molecule has 2 aliphatic heterocycles. The van der Waals surface area contributed by atoms with Crippen LogP contribution in [0.2, 0.25) is 0 Å². The molecule has 3 rings (SSSR count). The second kappa shape index (κ2) is 5.71. The minimum atomic E-state index is -4.39. The highest BCUT2D eigenvalue weighted by Crippen LogP contribution is 2.29. The number of aromatic nitrogens is 3. The first-order chi connectivity index (χ1) is 10.9. The Morgan fingerprint density at radius 2 is 1.91 bits per heavy atom. The summed E-state index contributed by atoms with van der Waals surface area (Å²) in [5.41, 5.74) is 1.04. The van der Waals surface area contributed by atoms with Gasteiger partial charge in [-0.15, -0.1) is 5.10 Å². The van der Waals surface area contributed by atoms with Crippen molar-refractivity contribution >= 4 is 6.09 Å². The minimum Gasteiger partial charge on any atom is -0.444 e. The Morgan fingerprint density at radius 1 is 1.17 bits per heavy atom. The van der Waals surface area contributed by atoms with E-state index in [0.717, 1.165) is 17.7 Å². The fraction of sp³-hybridized carbons (Fsp3) is 0.133. The fourth-order valence-corrected chi connectivity index (χ4v) is 1.96. The molecule has 0 saturated carbocycles. The number of ether oxygens (including phenoxy) is 1. The molecule has 5 nitrogen and oxygen atoms in total. The number of pyridine rings is 1. The van der Waals surface area contributed by atoms with Crippen molar-refractivity contribution in [2.75, 3.05) is 0 Å². The first kappa shape index (κ1) is 15.0. The van der Waals surface area contributed by atoms with E-state index >= 15 is 0 Å². The van der Waals surface area contributed by atoms with Crippen LogP contribution >= 0.6 is 0 Å². The summed E-state index contributed by atoms with van der Waals surface area (Å²) in [6.07, 6.45) is -0.512. The van der Waals surface area contributed by atoms with Gasteiger partial charge >= 0.3 is 12.3 Å². The number of hydrogen-bond donors (Lipinski definition) is 0. The summed E-state index contributed by atoms with van der Waals surface area (Å²) in [5, 5.41) is 7.54. The molecule has 0 aromatic heterocycles. The summed E-state index contributed by atoms with van der Waals surface area (Å²) >= 11 is 0. The van der Waals surface area contributed by atoms with Crippen LogP contribution in [-0.2, 0) is 17.5 Å². The molecule has 0 fully saturated rings. The van der Waals surface area contributed by atoms with E-state index in [1.807, 2.05) is 0 Å². The number of carbonyl (C=O) groups excluding carboxylic acids is 1. The molecule has 118 valence electrons. The summed E-state index contributed by atoms with van der Waals surface area (Å²) in [6, 6.07) is 6.10. The standard InChI is InChI=1S/C15H10F3N3O2/c16-15(17,18)12-3-1-10(2-4-12)9-23-14(22)21-6-5-11-7-19-20-13(11)8-21/h1-8H,9H2. The van der Waals surface area contributed by atoms with Gasteiger partial charge in [-0.2, -0.15) is 18.3 Å². The summed E-state index contributed by atoms with van der Waals surface area (Å²) in [7, 11) is 0. The number of carbonyl (C=O) groups is 1. The number of hydrogen-bond acceptors (Lipinski definition) is 4. The topological polar surface area (TPSA) is 57.0 Å². The Bertz CT molecular complexity index is 796. The second-order valence-electron chi connectivity index (χ2n) is 4.79. The van der Waals surface area contributed by atoms with E-state index in [1.165, 1.54) is 29.1 Å². The lowest BCUT2D eigenvalue weighted by Gasteiger charge is -2.10. The summed E-state index contributed by atoms with van der Waals surface area (Å²) in [6.45, 7) is -0.130. The van der Waals surface area contributed by atoms with E-state index in [2.05, 4.69) is 10.2 Å². The molecule has 0 radical (unpaired) electrons. The number of halogens is 3. The number of benzene rings is 1. The van der Waals surface area contributed by atoms with Crippen LogP contribution in [0, 0.1) is 0 Å². The molecule has 1 aromatic carbocycles. The lowest BCUT2D eigenvalue weighted by Crippen LogP contribution is -2.14. The van der Waals surface area contributed by atoms with Crippen molar-refractivity contribution in [2.45, 2.75) is 12.8 Å². The number of rotatable bonds is 2. The monoisotopic (exact) mass is 321 g/mol. The molecule has 2 heterocycles. The van der Waals surface area contributed by atoms with Crippen LogP contribution in [0.4, 0.5) is 18.0 Å². The second-order valence-corrected chi connectivity index (χ2v) is 4.79. The van der Waals surface area contributed by atoms with Gasteiger partial charge in [0.05, 0.1) is 11.8 Å². The van der Waals surface area contributed by atoms with Crippen LogP contribution in [0.1, 0.15) is 11.1 Å². The Labute approximate surface area is 128 Å². The number of nitrogens with zero attached hydrogens (tertiary/aromatic N) is 3. The Hall–Kier alpha value is -2.90. The zero-order chi connectivity index (χ0) is 16.4. The Morgan fingerprint density at radius 3 is 2.61 bits per heavy atom. The fourth-order valence-electron chi connectivity index (χ4n) is 1.96. The van der Waals surface area contributed by atoms with Gasteiger partial charge in [0.15, 0.2) is 0 Å². The highest BCUT2D eigenvalue weighted by Gasteiger charge is 2.29. The van der Waals surface area contributed by atoms with E-state index in [9.17, 15) is 18.0 Å². The zero-order valence-corrected chi connectivity index (χ0v) is 11.6. The Kier molecular flexibility index (Phi) is 3.73. The highest BCUT2D eigenvalue weighted by molar-refractivity contribution is 5.73. The van der Waals surface area contributed by atoms with Gasteiger partial charge < -0.3 is 4.74 Å². The first-order valence-corrected chi connectivity index (χ1v) is 6.56. The summed E-state index contributed by atoms with van der Waals surface area (Å²) in [5.74, 6) is 0. The minimum absolute atomic E-state index is 0.130. The van der Waals surface area contributed by atoms with Gasteiger partial charge in [-0.05, 0) is 23.8 Å². The highest BCUT2D eigenvalue weighted by atomic mass is 19.4. The maximum atomic E-state index is 12.5. The third-order valence-electron chi connectivity index (χ3n) is 3.19. The van der Waals surface area contributed by atoms with Crippen molar-refractivity contribution in [1.29, 1.82) is 0 Å². The van der Waals surface area contributed by atoms with Gasteiger partial charge in [0.1, 0.15) is 12.3 Å². The van der Waals surface area contributed by atoms with Crippen LogP contribution in [0.3, 0.4) is 0 Å². The van der Waals surface area contributed by atoms with Gasteiger partial charge in [-0.3, -0.25) is 4.57 Å². The van der Waals surface area contributed by atoms with Crippen molar-refractivity contribution in [2.24, 2.45) is 0 Å². The predicted octanol–water partition coefficient (Wildman–Crippen LogP) is 3.59. The van der Waals surface area contributed by atoms with Crippen molar-refractivity contribution in [3.63, 3.8) is 0 Å². The first-order valence-electron chi connectivity index (χ1n) is 6.56. The largest absolute Gasteiger partial charge is 0.444 e. The van der Waals surface area contributed by atoms with Crippen LogP contribution in [0.15, 0.2) is 48.9 Å². The van der Waals surface area contributed by atoms with Crippen molar-refractivity contribution in [3.05, 3.63) is 60.0 Å². The van der Waals surface area contributed by atoms with Crippen LogP contribution in [-0.4, -0.2) is 20.9 Å². The van der Waals surface area contributed by atoms with Crippen molar-refractivity contribution in [1.82, 2.24) is 14.8 Å². The predicted molar refractivity (Wildman–Crippen MR) is 73.7 cm³/mol. The SMILES string of the molecule is O=C(OCc1ccc(C(F)(F)F)cc1)n1ccc2cnnc-2c1. The third-order valence-corrected chi connectivity index (χ3v) is 3.19. The van der Waals surface area contributed by atoms with Crippen LogP contribution in [0.25, 0.3) is 11.3 Å². The third kappa shape index (κ3) is 3.31. The average molecular weight is 321 g/mol. The molecule has 0 amide bonds. The quantitative estimate of drug-likeness (QED) is 0.724. The normalized spacial score (nSPS) is 11.6. The molecular weight excluding hydrogens is 311 g/mol. The molecule has 0 bridgehead atoms. The van der Waals surface area contributed by atoms with E-state index in [4.69, 9.17) is 4.74 Å². The Balaban J connectivity index is 1.66. The molecule has 0 N–H and O–H groups in total. The molecule has 1 aromatic rings. The van der Waals surface area contributed by atoms with Crippen molar-refractivity contribution in [3.8, 4) is 11.3 Å².